The number of nitriles is 1. The van der Waals surface area contributed by atoms with Crippen LogP contribution in [0.25, 0.3) is 0 Å². The molecule has 0 aliphatic carbocycles. The maximum atomic E-state index is 13.2. The van der Waals surface area contributed by atoms with E-state index >= 15 is 0 Å². The lowest BCUT2D eigenvalue weighted by Crippen LogP contribution is -2.41. The van der Waals surface area contributed by atoms with Gasteiger partial charge < -0.3 is 15.2 Å². The molecular weight excluding hydrogens is 496 g/mol. The van der Waals surface area contributed by atoms with E-state index < -0.39 is 27.9 Å². The third-order valence-corrected chi connectivity index (χ3v) is 7.59. The number of methoxy groups -OCH3 is 2. The van der Waals surface area contributed by atoms with E-state index in [1.165, 1.54) is 16.3 Å². The maximum Gasteiger partial charge on any atom is 0.355 e. The van der Waals surface area contributed by atoms with Crippen LogP contribution in [0.3, 0.4) is 0 Å². The van der Waals surface area contributed by atoms with Crippen molar-refractivity contribution >= 4 is 33.3 Å². The van der Waals surface area contributed by atoms with Crippen molar-refractivity contribution in [2.24, 2.45) is 5.73 Å². The number of rotatable bonds is 5. The van der Waals surface area contributed by atoms with E-state index in [1.807, 2.05) is 0 Å². The van der Waals surface area contributed by atoms with Crippen molar-refractivity contribution in [1.29, 1.82) is 5.26 Å². The zero-order valence-corrected chi connectivity index (χ0v) is 21.4. The number of esters is 2. The van der Waals surface area contributed by atoms with E-state index in [1.54, 1.807) is 48.5 Å². The second-order valence-corrected chi connectivity index (χ2v) is 10.5. The molecule has 0 amide bonds. The van der Waals surface area contributed by atoms with E-state index in [0.29, 0.717) is 30.6 Å². The van der Waals surface area contributed by atoms with E-state index in [4.69, 9.17) is 15.2 Å². The molecule has 0 spiro atoms. The van der Waals surface area contributed by atoms with Crippen LogP contribution in [0, 0.1) is 11.3 Å². The van der Waals surface area contributed by atoms with Gasteiger partial charge in [-0.2, -0.15) is 5.26 Å². The number of hydrogen-bond donors (Lipinski definition) is 1. The monoisotopic (exact) mass is 522 g/mol. The number of ether oxygens (including phenoxy) is 2. The number of allylic oxidation sites excluding steroid dienone is 1. The first-order valence-corrected chi connectivity index (χ1v) is 13.2. The fourth-order valence-electron chi connectivity index (χ4n) is 4.79. The Bertz CT molecular complexity index is 1470. The second-order valence-electron chi connectivity index (χ2n) is 8.59. The molecule has 0 saturated carbocycles. The predicted molar refractivity (Wildman–Crippen MR) is 136 cm³/mol. The minimum atomic E-state index is -3.58. The third kappa shape index (κ3) is 4.51. The second kappa shape index (κ2) is 9.99. The summed E-state index contributed by atoms with van der Waals surface area (Å²) < 4.78 is 36.4. The van der Waals surface area contributed by atoms with Crippen molar-refractivity contribution < 1.29 is 27.5 Å². The number of nitrogens with two attached hydrogens (primary N) is 1. The van der Waals surface area contributed by atoms with Gasteiger partial charge in [-0.25, -0.2) is 18.0 Å². The summed E-state index contributed by atoms with van der Waals surface area (Å²) in [5.41, 5.74) is 8.30. The molecule has 0 fully saturated rings. The molecule has 0 radical (unpaired) electrons. The summed E-state index contributed by atoms with van der Waals surface area (Å²) in [4.78, 5) is 27.6. The molecule has 1 unspecified atom stereocenters. The first kappa shape index (κ1) is 25.8. The number of fused-ring (bicyclic) bond motifs is 1. The van der Waals surface area contributed by atoms with Gasteiger partial charge in [0, 0.05) is 12.2 Å². The van der Waals surface area contributed by atoms with Crippen molar-refractivity contribution in [3.05, 3.63) is 82.3 Å². The summed E-state index contributed by atoms with van der Waals surface area (Å²) in [6, 6.07) is 15.8. The Morgan fingerprint density at radius 3 is 2.35 bits per heavy atom. The lowest BCUT2D eigenvalue weighted by Gasteiger charge is -2.37. The first-order valence-electron chi connectivity index (χ1n) is 11.4. The molecule has 2 heterocycles. The van der Waals surface area contributed by atoms with Crippen molar-refractivity contribution in [2.75, 3.05) is 36.2 Å². The van der Waals surface area contributed by atoms with Crippen molar-refractivity contribution in [3.63, 3.8) is 0 Å². The van der Waals surface area contributed by atoms with Gasteiger partial charge in [0.1, 0.15) is 11.5 Å². The van der Waals surface area contributed by atoms with Gasteiger partial charge in [-0.15, -0.1) is 0 Å². The average Bonchev–Trinajstić information content (AvgIpc) is 2.90. The van der Waals surface area contributed by atoms with Gasteiger partial charge in [-0.1, -0.05) is 36.4 Å². The SMILES string of the molecule is COC(=O)C1=C(C(=O)OC)N(c2ccc3c(c2)N(S(C)(=O)=O)CCC3)C(N)=C(C#N)C1c1ccccc1. The first-order chi connectivity index (χ1) is 17.6. The highest BCUT2D eigenvalue weighted by Gasteiger charge is 2.43. The summed E-state index contributed by atoms with van der Waals surface area (Å²) in [7, 11) is -1.24. The summed E-state index contributed by atoms with van der Waals surface area (Å²) in [6.45, 7) is 0.299. The smallest absolute Gasteiger partial charge is 0.355 e. The van der Waals surface area contributed by atoms with Gasteiger partial charge in [0.05, 0.1) is 49.3 Å². The summed E-state index contributed by atoms with van der Waals surface area (Å²) in [5, 5.41) is 10.2. The Morgan fingerprint density at radius 2 is 1.76 bits per heavy atom. The van der Waals surface area contributed by atoms with Gasteiger partial charge >= 0.3 is 11.9 Å². The Balaban J connectivity index is 2.04. The fraction of sp³-hybridized carbons (Fsp3) is 0.269. The molecule has 4 rings (SSSR count). The van der Waals surface area contributed by atoms with Gasteiger partial charge in [-0.05, 0) is 36.1 Å². The van der Waals surface area contributed by atoms with Crippen LogP contribution in [0.4, 0.5) is 11.4 Å². The lowest BCUT2D eigenvalue weighted by atomic mass is 9.81. The van der Waals surface area contributed by atoms with Crippen LogP contribution in [0.1, 0.15) is 23.5 Å². The van der Waals surface area contributed by atoms with Gasteiger partial charge in [0.15, 0.2) is 0 Å². The molecule has 0 bridgehead atoms. The Morgan fingerprint density at radius 1 is 1.08 bits per heavy atom. The van der Waals surface area contributed by atoms with Gasteiger partial charge in [0.25, 0.3) is 0 Å². The number of hydrogen-bond acceptors (Lipinski definition) is 9. The van der Waals surface area contributed by atoms with Crippen LogP contribution in [0.2, 0.25) is 0 Å². The molecule has 2 aliphatic heterocycles. The highest BCUT2D eigenvalue weighted by molar-refractivity contribution is 7.92. The van der Waals surface area contributed by atoms with E-state index in [0.717, 1.165) is 18.9 Å². The molecule has 192 valence electrons. The number of aryl methyl sites for hydroxylation is 1. The molecule has 37 heavy (non-hydrogen) atoms. The largest absolute Gasteiger partial charge is 0.466 e. The maximum absolute atomic E-state index is 13.2. The minimum absolute atomic E-state index is 0.0249. The summed E-state index contributed by atoms with van der Waals surface area (Å²) in [5.74, 6) is -2.80. The summed E-state index contributed by atoms with van der Waals surface area (Å²) >= 11 is 0. The fourth-order valence-corrected chi connectivity index (χ4v) is 5.78. The Kier molecular flexibility index (Phi) is 6.96. The molecule has 1 atom stereocenters. The van der Waals surface area contributed by atoms with Crippen LogP contribution in [0.15, 0.2) is 71.2 Å². The molecule has 2 aliphatic rings. The van der Waals surface area contributed by atoms with Gasteiger partial charge in [0.2, 0.25) is 10.0 Å². The number of nitrogens with zero attached hydrogens (tertiary/aromatic N) is 3. The zero-order valence-electron chi connectivity index (χ0n) is 20.6. The quantitative estimate of drug-likeness (QED) is 0.585. The average molecular weight is 523 g/mol. The topological polar surface area (TPSA) is 143 Å². The standard InChI is InChI=1S/C26H26N4O6S/c1-35-25(31)22-21(17-8-5-4-6-9-17)19(15-27)24(28)30(23(22)26(32)36-2)18-12-11-16-10-7-13-29(20(16)14-18)37(3,33)34/h4-6,8-9,11-12,14,21H,7,10,13,28H2,1-3H3. The number of carbonyl (C=O) groups excluding carboxylic acids is 2. The van der Waals surface area contributed by atoms with E-state index in [9.17, 15) is 23.3 Å². The molecule has 11 heteroatoms. The number of anilines is 2. The van der Waals surface area contributed by atoms with Crippen LogP contribution in [-0.2, 0) is 35.5 Å². The van der Waals surface area contributed by atoms with Crippen LogP contribution < -0.4 is 14.9 Å². The molecule has 0 aromatic heterocycles. The van der Waals surface area contributed by atoms with Crippen molar-refractivity contribution in [3.8, 4) is 6.07 Å². The number of benzene rings is 2. The normalized spacial score (nSPS) is 17.7. The number of sulfonamides is 1. The van der Waals surface area contributed by atoms with Crippen LogP contribution >= 0.6 is 0 Å². The summed E-state index contributed by atoms with van der Waals surface area (Å²) in [6.07, 6.45) is 2.44. The third-order valence-electron chi connectivity index (χ3n) is 6.41. The Hall–Kier alpha value is -4.30. The molecule has 2 aromatic rings. The molecule has 10 nitrogen and oxygen atoms in total. The Labute approximate surface area is 215 Å². The molecule has 2 N–H and O–H groups in total. The molecule has 2 aromatic carbocycles. The highest BCUT2D eigenvalue weighted by atomic mass is 32.2. The number of carbonyl (C=O) groups is 2. The van der Waals surface area contributed by atoms with Crippen LogP contribution in [-0.4, -0.2) is 47.4 Å². The van der Waals surface area contributed by atoms with Crippen LogP contribution in [0.5, 0.6) is 0 Å². The molecular formula is C26H26N4O6S. The van der Waals surface area contributed by atoms with E-state index in [-0.39, 0.29) is 28.4 Å². The minimum Gasteiger partial charge on any atom is -0.466 e. The highest BCUT2D eigenvalue weighted by Crippen LogP contribution is 2.44. The van der Waals surface area contributed by atoms with E-state index in [2.05, 4.69) is 6.07 Å². The van der Waals surface area contributed by atoms with Crippen molar-refractivity contribution in [2.45, 2.75) is 18.8 Å². The lowest BCUT2D eigenvalue weighted by molar-refractivity contribution is -0.139. The van der Waals surface area contributed by atoms with Gasteiger partial charge in [-0.3, -0.25) is 9.21 Å². The van der Waals surface area contributed by atoms with Crippen molar-refractivity contribution in [1.82, 2.24) is 0 Å². The predicted octanol–water partition coefficient (Wildman–Crippen LogP) is 2.30. The zero-order chi connectivity index (χ0) is 26.9. The molecule has 0 saturated heterocycles.